The Kier molecular flexibility index (Phi) is 7.15. The molecule has 0 unspecified atom stereocenters. The number of carbonyl (C=O) groups excluding carboxylic acids is 2. The van der Waals surface area contributed by atoms with Gasteiger partial charge in [-0.05, 0) is 70.0 Å². The lowest BCUT2D eigenvalue weighted by atomic mass is 9.86. The molecule has 6 rings (SSSR count). The zero-order chi connectivity index (χ0) is 27.5. The highest BCUT2D eigenvalue weighted by Gasteiger charge is 2.32. The van der Waals surface area contributed by atoms with Gasteiger partial charge in [-0.25, -0.2) is 0 Å². The van der Waals surface area contributed by atoms with Crippen LogP contribution >= 0.6 is 0 Å². The van der Waals surface area contributed by atoms with Crippen molar-refractivity contribution in [2.75, 3.05) is 13.1 Å². The maximum Gasteiger partial charge on any atom is 0.247 e. The Labute approximate surface area is 235 Å². The molecule has 2 amide bonds. The van der Waals surface area contributed by atoms with Crippen LogP contribution < -0.4 is 0 Å². The molecule has 4 heteroatoms. The molecule has 0 aliphatic carbocycles. The molecule has 0 aromatic heterocycles. The number of fused-ring (bicyclic) bond motifs is 2. The maximum absolute atomic E-state index is 13.7. The summed E-state index contributed by atoms with van der Waals surface area (Å²) in [5.41, 5.74) is 7.92. The summed E-state index contributed by atoms with van der Waals surface area (Å²) in [5, 5.41) is 0. The molecule has 2 aliphatic heterocycles. The lowest BCUT2D eigenvalue weighted by Gasteiger charge is -2.37. The Morgan fingerprint density at radius 3 is 1.85 bits per heavy atom. The van der Waals surface area contributed by atoms with E-state index >= 15 is 0 Å². The second-order valence-corrected chi connectivity index (χ2v) is 10.4. The third-order valence-corrected chi connectivity index (χ3v) is 8.07. The molecular formula is C36H32N2O2. The molecule has 0 saturated carbocycles. The molecule has 0 saturated heterocycles. The van der Waals surface area contributed by atoms with Crippen LogP contribution in [0.1, 0.15) is 51.0 Å². The number of hydrogen-bond donors (Lipinski definition) is 0. The average Bonchev–Trinajstić information content (AvgIpc) is 3.02. The summed E-state index contributed by atoms with van der Waals surface area (Å²) in [6.45, 7) is 5.03. The second-order valence-electron chi connectivity index (χ2n) is 10.4. The largest absolute Gasteiger partial charge is 0.328 e. The van der Waals surface area contributed by atoms with Gasteiger partial charge in [-0.15, -0.1) is 0 Å². The number of rotatable bonds is 5. The molecule has 4 nitrogen and oxygen atoms in total. The SMILES string of the molecule is C=CC(=O)N1CCc2ccc(/C=C/C(=O)N3CCc4ccccc4[C@@H]3c3ccccc3)cc2[C@H]1c1ccccc1. The minimum Gasteiger partial charge on any atom is -0.328 e. The van der Waals surface area contributed by atoms with Crippen molar-refractivity contribution in [2.24, 2.45) is 0 Å². The quantitative estimate of drug-likeness (QED) is 0.278. The van der Waals surface area contributed by atoms with E-state index in [0.29, 0.717) is 13.1 Å². The Morgan fingerprint density at radius 1 is 0.650 bits per heavy atom. The van der Waals surface area contributed by atoms with Gasteiger partial charge < -0.3 is 9.80 Å². The summed E-state index contributed by atoms with van der Waals surface area (Å²) >= 11 is 0. The third kappa shape index (κ3) is 4.89. The van der Waals surface area contributed by atoms with Crippen LogP contribution in [0.2, 0.25) is 0 Å². The van der Waals surface area contributed by atoms with Crippen LogP contribution in [0.25, 0.3) is 6.08 Å². The molecule has 40 heavy (non-hydrogen) atoms. The number of nitrogens with zero attached hydrogens (tertiary/aromatic N) is 2. The molecule has 0 bridgehead atoms. The molecule has 198 valence electrons. The predicted molar refractivity (Wildman–Crippen MR) is 160 cm³/mol. The van der Waals surface area contributed by atoms with Gasteiger partial charge in [0.1, 0.15) is 0 Å². The van der Waals surface area contributed by atoms with Crippen molar-refractivity contribution in [1.82, 2.24) is 9.80 Å². The fourth-order valence-corrected chi connectivity index (χ4v) is 6.15. The first-order valence-electron chi connectivity index (χ1n) is 13.9. The van der Waals surface area contributed by atoms with Crippen molar-refractivity contribution in [3.05, 3.63) is 161 Å². The average molecular weight is 525 g/mol. The van der Waals surface area contributed by atoms with E-state index < -0.39 is 0 Å². The minimum absolute atomic E-state index is 0.0100. The molecule has 0 N–H and O–H groups in total. The maximum atomic E-state index is 13.7. The van der Waals surface area contributed by atoms with E-state index in [1.165, 1.54) is 22.8 Å². The van der Waals surface area contributed by atoms with E-state index in [1.54, 1.807) is 6.08 Å². The van der Waals surface area contributed by atoms with E-state index in [0.717, 1.165) is 35.1 Å². The lowest BCUT2D eigenvalue weighted by Crippen LogP contribution is -2.39. The summed E-state index contributed by atoms with van der Waals surface area (Å²) < 4.78 is 0. The van der Waals surface area contributed by atoms with Crippen LogP contribution in [0.5, 0.6) is 0 Å². The van der Waals surface area contributed by atoms with Gasteiger partial charge in [0.2, 0.25) is 11.8 Å². The van der Waals surface area contributed by atoms with Crippen molar-refractivity contribution < 1.29 is 9.59 Å². The molecular weight excluding hydrogens is 492 g/mol. The molecule has 0 radical (unpaired) electrons. The first kappa shape index (κ1) is 25.6. The topological polar surface area (TPSA) is 40.6 Å². The normalized spacial score (nSPS) is 18.2. The fraction of sp³-hybridized carbons (Fsp3) is 0.167. The second kappa shape index (κ2) is 11.2. The van der Waals surface area contributed by atoms with Crippen molar-refractivity contribution >= 4 is 17.9 Å². The van der Waals surface area contributed by atoms with Crippen molar-refractivity contribution in [3.63, 3.8) is 0 Å². The molecule has 4 aromatic carbocycles. The number of hydrogen-bond acceptors (Lipinski definition) is 2. The highest BCUT2D eigenvalue weighted by atomic mass is 16.2. The standard InChI is InChI=1S/C36H32N2O2/c1-2-33(39)37-23-22-28-19-17-26(25-32(28)36(37)30-14-7-4-8-15-30)18-20-34(40)38-24-21-27-11-9-10-16-31(27)35(38)29-12-5-3-6-13-29/h2-20,25,35-36H,1,21-24H2/b20-18+/t35-,36+/m0/s1. The highest BCUT2D eigenvalue weighted by Crippen LogP contribution is 2.37. The van der Waals surface area contributed by atoms with E-state index in [2.05, 4.69) is 73.3 Å². The summed E-state index contributed by atoms with van der Waals surface area (Å²) in [6.07, 6.45) is 6.61. The van der Waals surface area contributed by atoms with Gasteiger partial charge in [0.15, 0.2) is 0 Å². The molecule has 2 atom stereocenters. The van der Waals surface area contributed by atoms with Crippen molar-refractivity contribution in [1.29, 1.82) is 0 Å². The highest BCUT2D eigenvalue weighted by molar-refractivity contribution is 5.93. The van der Waals surface area contributed by atoms with E-state index in [9.17, 15) is 9.59 Å². The van der Waals surface area contributed by atoms with Gasteiger partial charge in [-0.2, -0.15) is 0 Å². The van der Waals surface area contributed by atoms with Gasteiger partial charge in [0.25, 0.3) is 0 Å². The Morgan fingerprint density at radius 2 is 1.20 bits per heavy atom. The predicted octanol–water partition coefficient (Wildman–Crippen LogP) is 6.53. The van der Waals surface area contributed by atoms with Crippen LogP contribution in [-0.2, 0) is 22.4 Å². The van der Waals surface area contributed by atoms with E-state index in [-0.39, 0.29) is 23.9 Å². The van der Waals surface area contributed by atoms with Gasteiger partial charge in [0.05, 0.1) is 12.1 Å². The van der Waals surface area contributed by atoms with Gasteiger partial charge in [0, 0.05) is 19.2 Å². The van der Waals surface area contributed by atoms with Crippen molar-refractivity contribution in [2.45, 2.75) is 24.9 Å². The lowest BCUT2D eigenvalue weighted by molar-refractivity contribution is -0.128. The van der Waals surface area contributed by atoms with Crippen molar-refractivity contribution in [3.8, 4) is 0 Å². The van der Waals surface area contributed by atoms with Gasteiger partial charge >= 0.3 is 0 Å². The van der Waals surface area contributed by atoms with Gasteiger partial charge in [-0.3, -0.25) is 9.59 Å². The van der Waals surface area contributed by atoms with Crippen LogP contribution in [-0.4, -0.2) is 34.7 Å². The van der Waals surface area contributed by atoms with Crippen LogP contribution in [0, 0.1) is 0 Å². The number of carbonyl (C=O) groups is 2. The zero-order valence-electron chi connectivity index (χ0n) is 22.4. The Hall–Kier alpha value is -4.70. The Bertz CT molecular complexity index is 1580. The van der Waals surface area contributed by atoms with E-state index in [1.807, 2.05) is 52.3 Å². The summed E-state index contributed by atoms with van der Waals surface area (Å²) in [4.78, 5) is 30.4. The Balaban J connectivity index is 1.32. The summed E-state index contributed by atoms with van der Waals surface area (Å²) in [7, 11) is 0. The first-order valence-corrected chi connectivity index (χ1v) is 13.9. The summed E-state index contributed by atoms with van der Waals surface area (Å²) in [5.74, 6) is -0.0860. The molecule has 2 aliphatic rings. The number of amides is 2. The van der Waals surface area contributed by atoms with Crippen LogP contribution in [0.3, 0.4) is 0 Å². The zero-order valence-corrected chi connectivity index (χ0v) is 22.4. The fourth-order valence-electron chi connectivity index (χ4n) is 6.15. The third-order valence-electron chi connectivity index (χ3n) is 8.07. The first-order chi connectivity index (χ1) is 19.6. The van der Waals surface area contributed by atoms with Crippen LogP contribution in [0.15, 0.2) is 122 Å². The molecule has 4 aromatic rings. The monoisotopic (exact) mass is 524 g/mol. The molecule has 0 fully saturated rings. The minimum atomic E-state index is -0.194. The molecule has 2 heterocycles. The van der Waals surface area contributed by atoms with Crippen LogP contribution in [0.4, 0.5) is 0 Å². The number of benzene rings is 4. The van der Waals surface area contributed by atoms with E-state index in [4.69, 9.17) is 0 Å². The molecule has 0 spiro atoms. The van der Waals surface area contributed by atoms with Gasteiger partial charge in [-0.1, -0.05) is 104 Å². The smallest absolute Gasteiger partial charge is 0.247 e. The summed E-state index contributed by atoms with van der Waals surface area (Å²) in [6, 6.07) is 34.8.